The third-order valence-corrected chi connectivity index (χ3v) is 2.45. The van der Waals surface area contributed by atoms with E-state index in [1.807, 2.05) is 18.2 Å². The number of nitrogen functional groups attached to an aromatic ring is 1. The first kappa shape index (κ1) is 10.7. The number of fused-ring (bicyclic) bond motifs is 1. The summed E-state index contributed by atoms with van der Waals surface area (Å²) in [7, 11) is 0. The molecule has 0 spiro atoms. The first-order valence-corrected chi connectivity index (χ1v) is 5.22. The van der Waals surface area contributed by atoms with Crippen LogP contribution in [0.3, 0.4) is 0 Å². The number of aliphatic hydroxyl groups is 1. The van der Waals surface area contributed by atoms with Crippen LogP contribution in [0.25, 0.3) is 10.8 Å². The van der Waals surface area contributed by atoms with Crippen LogP contribution in [0.15, 0.2) is 30.6 Å². The summed E-state index contributed by atoms with van der Waals surface area (Å²) in [6.07, 6.45) is 3.11. The molecule has 1 atom stereocenters. The number of aromatic nitrogens is 1. The zero-order chi connectivity index (χ0) is 11.5. The minimum Gasteiger partial charge on any atom is -0.397 e. The van der Waals surface area contributed by atoms with Gasteiger partial charge in [0.25, 0.3) is 0 Å². The van der Waals surface area contributed by atoms with E-state index in [4.69, 9.17) is 5.73 Å². The summed E-state index contributed by atoms with van der Waals surface area (Å²) >= 11 is 0. The van der Waals surface area contributed by atoms with Crippen molar-refractivity contribution in [2.75, 3.05) is 17.6 Å². The molecule has 0 saturated carbocycles. The molecule has 4 heteroatoms. The van der Waals surface area contributed by atoms with Crippen molar-refractivity contribution in [2.24, 2.45) is 0 Å². The summed E-state index contributed by atoms with van der Waals surface area (Å²) in [5.74, 6) is 0. The summed E-state index contributed by atoms with van der Waals surface area (Å²) in [5.41, 5.74) is 7.58. The maximum absolute atomic E-state index is 9.20. The number of nitrogens with zero attached hydrogens (tertiary/aromatic N) is 1. The number of hydrogen-bond acceptors (Lipinski definition) is 4. The van der Waals surface area contributed by atoms with Gasteiger partial charge in [0.2, 0.25) is 0 Å². The second-order valence-corrected chi connectivity index (χ2v) is 3.85. The Kier molecular flexibility index (Phi) is 2.92. The first-order chi connectivity index (χ1) is 7.68. The minimum atomic E-state index is -0.396. The second-order valence-electron chi connectivity index (χ2n) is 3.85. The lowest BCUT2D eigenvalue weighted by Gasteiger charge is -2.12. The fraction of sp³-hybridized carbons (Fsp3) is 0.250. The Morgan fingerprint density at radius 2 is 2.25 bits per heavy atom. The van der Waals surface area contributed by atoms with E-state index in [2.05, 4.69) is 10.3 Å². The van der Waals surface area contributed by atoms with Crippen LogP contribution >= 0.6 is 0 Å². The molecule has 0 radical (unpaired) electrons. The van der Waals surface area contributed by atoms with Crippen molar-refractivity contribution in [2.45, 2.75) is 13.0 Å². The van der Waals surface area contributed by atoms with Gasteiger partial charge >= 0.3 is 0 Å². The normalized spacial score (nSPS) is 12.6. The molecule has 4 N–H and O–H groups in total. The lowest BCUT2D eigenvalue weighted by Crippen LogP contribution is -2.16. The van der Waals surface area contributed by atoms with Gasteiger partial charge < -0.3 is 16.2 Å². The molecule has 1 aromatic carbocycles. The zero-order valence-electron chi connectivity index (χ0n) is 9.14. The van der Waals surface area contributed by atoms with E-state index in [-0.39, 0.29) is 0 Å². The molecule has 1 heterocycles. The van der Waals surface area contributed by atoms with Crippen molar-refractivity contribution < 1.29 is 5.11 Å². The number of pyridine rings is 1. The van der Waals surface area contributed by atoms with E-state index in [0.717, 1.165) is 16.5 Å². The molecule has 0 fully saturated rings. The molecule has 0 aliphatic rings. The van der Waals surface area contributed by atoms with Gasteiger partial charge in [-0.3, -0.25) is 4.98 Å². The molecule has 0 aliphatic heterocycles. The van der Waals surface area contributed by atoms with Crippen molar-refractivity contribution in [1.29, 1.82) is 0 Å². The van der Waals surface area contributed by atoms with Crippen molar-refractivity contribution in [3.63, 3.8) is 0 Å². The monoisotopic (exact) mass is 217 g/mol. The number of nitrogens with two attached hydrogens (primary N) is 1. The summed E-state index contributed by atoms with van der Waals surface area (Å²) in [6, 6.07) is 5.75. The highest BCUT2D eigenvalue weighted by molar-refractivity contribution is 5.98. The molecular weight excluding hydrogens is 202 g/mol. The summed E-state index contributed by atoms with van der Waals surface area (Å²) in [5, 5.41) is 14.3. The van der Waals surface area contributed by atoms with Gasteiger partial charge in [-0.15, -0.1) is 0 Å². The topological polar surface area (TPSA) is 71.2 Å². The van der Waals surface area contributed by atoms with Crippen LogP contribution in [0.5, 0.6) is 0 Å². The molecule has 4 nitrogen and oxygen atoms in total. The smallest absolute Gasteiger partial charge is 0.0684 e. The second kappa shape index (κ2) is 4.37. The van der Waals surface area contributed by atoms with Crippen LogP contribution in [-0.4, -0.2) is 22.7 Å². The Morgan fingerprint density at radius 3 is 3.00 bits per heavy atom. The van der Waals surface area contributed by atoms with Crippen molar-refractivity contribution in [1.82, 2.24) is 4.98 Å². The molecule has 2 rings (SSSR count). The van der Waals surface area contributed by atoms with Crippen LogP contribution in [0, 0.1) is 0 Å². The Morgan fingerprint density at radius 1 is 1.44 bits per heavy atom. The Hall–Kier alpha value is -1.81. The Balaban J connectivity index is 2.37. The summed E-state index contributed by atoms with van der Waals surface area (Å²) < 4.78 is 0. The van der Waals surface area contributed by atoms with Gasteiger partial charge in [0.1, 0.15) is 0 Å². The standard InChI is InChI=1S/C12H15N3O/c1-8(16)6-15-11-3-2-9-7-14-5-4-10(9)12(11)13/h2-5,7-8,15-16H,6,13H2,1H3. The highest BCUT2D eigenvalue weighted by atomic mass is 16.3. The van der Waals surface area contributed by atoms with Crippen LogP contribution < -0.4 is 11.1 Å². The SMILES string of the molecule is CC(O)CNc1ccc2cnccc2c1N. The van der Waals surface area contributed by atoms with E-state index in [1.165, 1.54) is 0 Å². The molecule has 1 unspecified atom stereocenters. The number of hydrogen-bond donors (Lipinski definition) is 3. The van der Waals surface area contributed by atoms with E-state index < -0.39 is 6.10 Å². The number of anilines is 2. The minimum absolute atomic E-state index is 0.396. The van der Waals surface area contributed by atoms with Gasteiger partial charge in [-0.25, -0.2) is 0 Å². The molecule has 0 aliphatic carbocycles. The predicted molar refractivity (Wildman–Crippen MR) is 66.3 cm³/mol. The fourth-order valence-electron chi connectivity index (χ4n) is 1.60. The zero-order valence-corrected chi connectivity index (χ0v) is 9.14. The lowest BCUT2D eigenvalue weighted by atomic mass is 10.1. The molecule has 0 saturated heterocycles. The summed E-state index contributed by atoms with van der Waals surface area (Å²) in [6.45, 7) is 2.22. The van der Waals surface area contributed by atoms with Crippen LogP contribution in [0.4, 0.5) is 11.4 Å². The molecule has 1 aromatic heterocycles. The highest BCUT2D eigenvalue weighted by Crippen LogP contribution is 2.27. The maximum Gasteiger partial charge on any atom is 0.0684 e. The predicted octanol–water partition coefficient (Wildman–Crippen LogP) is 1.61. The van der Waals surface area contributed by atoms with Gasteiger partial charge in [0.15, 0.2) is 0 Å². The van der Waals surface area contributed by atoms with Crippen LogP contribution in [0.1, 0.15) is 6.92 Å². The molecule has 0 bridgehead atoms. The molecule has 0 amide bonds. The van der Waals surface area contributed by atoms with E-state index in [1.54, 1.807) is 19.3 Å². The Labute approximate surface area is 94.1 Å². The third-order valence-electron chi connectivity index (χ3n) is 2.45. The van der Waals surface area contributed by atoms with Crippen molar-refractivity contribution >= 4 is 22.1 Å². The molecular formula is C12H15N3O. The average molecular weight is 217 g/mol. The van der Waals surface area contributed by atoms with E-state index in [9.17, 15) is 5.11 Å². The quantitative estimate of drug-likeness (QED) is 0.683. The average Bonchev–Trinajstić information content (AvgIpc) is 2.28. The van der Waals surface area contributed by atoms with Gasteiger partial charge in [-0.1, -0.05) is 6.07 Å². The lowest BCUT2D eigenvalue weighted by molar-refractivity contribution is 0.208. The third kappa shape index (κ3) is 2.06. The van der Waals surface area contributed by atoms with E-state index in [0.29, 0.717) is 12.2 Å². The number of benzene rings is 1. The Bertz CT molecular complexity index is 497. The summed E-state index contributed by atoms with van der Waals surface area (Å²) in [4.78, 5) is 4.04. The number of rotatable bonds is 3. The molecule has 2 aromatic rings. The number of nitrogens with one attached hydrogen (secondary N) is 1. The van der Waals surface area contributed by atoms with Crippen LogP contribution in [-0.2, 0) is 0 Å². The van der Waals surface area contributed by atoms with Gasteiger partial charge in [0, 0.05) is 29.7 Å². The van der Waals surface area contributed by atoms with Crippen molar-refractivity contribution in [3.05, 3.63) is 30.6 Å². The fourth-order valence-corrected chi connectivity index (χ4v) is 1.60. The highest BCUT2D eigenvalue weighted by Gasteiger charge is 2.04. The van der Waals surface area contributed by atoms with E-state index >= 15 is 0 Å². The number of aliphatic hydroxyl groups excluding tert-OH is 1. The maximum atomic E-state index is 9.20. The van der Waals surface area contributed by atoms with Crippen LogP contribution in [0.2, 0.25) is 0 Å². The van der Waals surface area contributed by atoms with Gasteiger partial charge in [0.05, 0.1) is 17.5 Å². The van der Waals surface area contributed by atoms with Gasteiger partial charge in [-0.2, -0.15) is 0 Å². The largest absolute Gasteiger partial charge is 0.397 e. The van der Waals surface area contributed by atoms with Crippen molar-refractivity contribution in [3.8, 4) is 0 Å². The van der Waals surface area contributed by atoms with Gasteiger partial charge in [-0.05, 0) is 19.1 Å². The molecule has 84 valence electrons. The molecule has 16 heavy (non-hydrogen) atoms. The first-order valence-electron chi connectivity index (χ1n) is 5.22.